The van der Waals surface area contributed by atoms with Crippen molar-refractivity contribution in [1.29, 1.82) is 0 Å². The van der Waals surface area contributed by atoms with Gasteiger partial charge in [0, 0.05) is 18.1 Å². The lowest BCUT2D eigenvalue weighted by atomic mass is 10.2. The fourth-order valence-electron chi connectivity index (χ4n) is 1.40. The lowest BCUT2D eigenvalue weighted by Crippen LogP contribution is -1.88. The summed E-state index contributed by atoms with van der Waals surface area (Å²) in [5, 5.41) is 10.6. The first-order valence-electron chi connectivity index (χ1n) is 5.72. The molecule has 0 saturated carbocycles. The van der Waals surface area contributed by atoms with Crippen LogP contribution in [-0.2, 0) is 0 Å². The number of H-pyrrole nitrogens is 1. The molecule has 0 spiro atoms. The average Bonchev–Trinajstić information content (AvgIpc) is 2.74. The summed E-state index contributed by atoms with van der Waals surface area (Å²) in [5.41, 5.74) is 1.57. The van der Waals surface area contributed by atoms with Crippen LogP contribution in [-0.4, -0.2) is 14.9 Å². The Morgan fingerprint density at radius 2 is 2.00 bits per heavy atom. The van der Waals surface area contributed by atoms with E-state index in [1.165, 1.54) is 12.1 Å². The number of aromatic amines is 1. The number of hydrogen-bond acceptors (Lipinski definition) is 3. The predicted molar refractivity (Wildman–Crippen MR) is 68.2 cm³/mol. The van der Waals surface area contributed by atoms with E-state index in [4.69, 9.17) is 0 Å². The van der Waals surface area contributed by atoms with Gasteiger partial charge in [0.05, 0.1) is 16.0 Å². The second-order valence-electron chi connectivity index (χ2n) is 3.74. The van der Waals surface area contributed by atoms with Gasteiger partial charge in [0.25, 0.3) is 5.69 Å². The summed E-state index contributed by atoms with van der Waals surface area (Å²) < 4.78 is 0. The topological polar surface area (TPSA) is 71.8 Å². The summed E-state index contributed by atoms with van der Waals surface area (Å²) >= 11 is 0. The number of aromatic nitrogens is 2. The van der Waals surface area contributed by atoms with E-state index in [0.717, 1.165) is 11.3 Å². The molecule has 0 saturated heterocycles. The minimum Gasteiger partial charge on any atom is -0.342 e. The number of imidazole rings is 1. The Bertz CT molecular complexity index is 517. The van der Waals surface area contributed by atoms with E-state index in [9.17, 15) is 10.1 Å². The van der Waals surface area contributed by atoms with E-state index in [-0.39, 0.29) is 11.6 Å². The first kappa shape index (κ1) is 13.2. The van der Waals surface area contributed by atoms with Crippen molar-refractivity contribution in [3.63, 3.8) is 0 Å². The van der Waals surface area contributed by atoms with Crippen LogP contribution in [0.4, 0.5) is 5.69 Å². The highest BCUT2D eigenvalue weighted by molar-refractivity contribution is 5.77. The van der Waals surface area contributed by atoms with Crippen LogP contribution in [0.5, 0.6) is 0 Å². The summed E-state index contributed by atoms with van der Waals surface area (Å²) in [6.45, 7) is 8.04. The molecule has 5 heteroatoms. The van der Waals surface area contributed by atoms with Gasteiger partial charge in [-0.05, 0) is 6.07 Å². The van der Waals surface area contributed by atoms with Crippen molar-refractivity contribution in [2.24, 2.45) is 0 Å². The number of rotatable bonds is 2. The fraction of sp³-hybridized carbons (Fsp3) is 0.417. The van der Waals surface area contributed by atoms with Crippen LogP contribution in [0.2, 0.25) is 0 Å². The van der Waals surface area contributed by atoms with Gasteiger partial charge in [0.1, 0.15) is 5.82 Å². The quantitative estimate of drug-likeness (QED) is 0.638. The van der Waals surface area contributed by atoms with Gasteiger partial charge in [-0.15, -0.1) is 0 Å². The van der Waals surface area contributed by atoms with Crippen LogP contribution < -0.4 is 0 Å². The molecule has 0 radical (unpaired) electrons. The highest BCUT2D eigenvalue weighted by Gasteiger charge is 2.10. The van der Waals surface area contributed by atoms with Crippen LogP contribution in [0.3, 0.4) is 0 Å². The second-order valence-corrected chi connectivity index (χ2v) is 3.74. The third-order valence-corrected chi connectivity index (χ3v) is 2.24. The van der Waals surface area contributed by atoms with Gasteiger partial charge in [-0.25, -0.2) is 4.98 Å². The van der Waals surface area contributed by atoms with Crippen LogP contribution in [0.15, 0.2) is 18.2 Å². The third-order valence-electron chi connectivity index (χ3n) is 2.24. The normalized spacial score (nSPS) is 10.2. The lowest BCUT2D eigenvalue weighted by molar-refractivity contribution is -0.384. The van der Waals surface area contributed by atoms with Gasteiger partial charge >= 0.3 is 0 Å². The molecule has 2 rings (SSSR count). The van der Waals surface area contributed by atoms with E-state index in [1.807, 2.05) is 27.7 Å². The minimum absolute atomic E-state index is 0.0847. The highest BCUT2D eigenvalue weighted by atomic mass is 16.6. The van der Waals surface area contributed by atoms with E-state index >= 15 is 0 Å². The van der Waals surface area contributed by atoms with Gasteiger partial charge in [-0.1, -0.05) is 27.7 Å². The summed E-state index contributed by atoms with van der Waals surface area (Å²) in [6.07, 6.45) is 0. The number of nitro groups is 1. The Labute approximate surface area is 100 Å². The zero-order valence-electron chi connectivity index (χ0n) is 10.5. The van der Waals surface area contributed by atoms with Gasteiger partial charge in [-0.2, -0.15) is 0 Å². The monoisotopic (exact) mass is 235 g/mol. The van der Waals surface area contributed by atoms with Gasteiger partial charge < -0.3 is 4.98 Å². The maximum atomic E-state index is 10.6. The maximum absolute atomic E-state index is 10.6. The van der Waals surface area contributed by atoms with Crippen LogP contribution in [0.25, 0.3) is 11.0 Å². The highest BCUT2D eigenvalue weighted by Crippen LogP contribution is 2.21. The molecule has 1 heterocycles. The van der Waals surface area contributed by atoms with Crippen molar-refractivity contribution in [1.82, 2.24) is 9.97 Å². The molecule has 0 unspecified atom stereocenters. The van der Waals surface area contributed by atoms with Gasteiger partial charge in [0.2, 0.25) is 0 Å². The third kappa shape index (κ3) is 2.81. The number of hydrogen-bond donors (Lipinski definition) is 1. The molecule has 0 atom stereocenters. The number of nitrogens with one attached hydrogen (secondary N) is 1. The van der Waals surface area contributed by atoms with Crippen LogP contribution in [0, 0.1) is 10.1 Å². The largest absolute Gasteiger partial charge is 0.342 e. The molecule has 17 heavy (non-hydrogen) atoms. The first-order chi connectivity index (χ1) is 8.08. The molecule has 0 bridgehead atoms. The molecule has 92 valence electrons. The number of nitro benzene ring substituents is 1. The summed E-state index contributed by atoms with van der Waals surface area (Å²) in [7, 11) is 0. The van der Waals surface area contributed by atoms with E-state index in [0.29, 0.717) is 5.52 Å². The molecule has 0 aliphatic carbocycles. The fourth-order valence-corrected chi connectivity index (χ4v) is 1.40. The zero-order valence-corrected chi connectivity index (χ0v) is 10.5. The Hall–Kier alpha value is -1.91. The van der Waals surface area contributed by atoms with Crippen LogP contribution in [0.1, 0.15) is 39.4 Å². The molecular formula is C12H17N3O2. The smallest absolute Gasteiger partial charge is 0.271 e. The lowest BCUT2D eigenvalue weighted by Gasteiger charge is -1.95. The maximum Gasteiger partial charge on any atom is 0.271 e. The Morgan fingerprint density at radius 3 is 2.53 bits per heavy atom. The van der Waals surface area contributed by atoms with Crippen molar-refractivity contribution in [3.8, 4) is 0 Å². The molecule has 0 aliphatic heterocycles. The van der Waals surface area contributed by atoms with Crippen molar-refractivity contribution < 1.29 is 4.92 Å². The van der Waals surface area contributed by atoms with Crippen molar-refractivity contribution in [2.45, 2.75) is 33.6 Å². The van der Waals surface area contributed by atoms with Gasteiger partial charge in [0.15, 0.2) is 0 Å². The van der Waals surface area contributed by atoms with Crippen molar-refractivity contribution in [2.75, 3.05) is 0 Å². The molecule has 1 N–H and O–H groups in total. The molecular weight excluding hydrogens is 218 g/mol. The zero-order chi connectivity index (χ0) is 13.0. The molecule has 0 aliphatic rings. The Morgan fingerprint density at radius 1 is 1.35 bits per heavy atom. The molecule has 0 fully saturated rings. The van der Waals surface area contributed by atoms with Crippen LogP contribution >= 0.6 is 0 Å². The van der Waals surface area contributed by atoms with E-state index in [1.54, 1.807) is 6.07 Å². The summed E-state index contributed by atoms with van der Waals surface area (Å²) in [4.78, 5) is 17.6. The standard InChI is InChI=1S/C10H11N3O2.C2H6/c1-6(2)10-11-8-4-3-7(13(14)15)5-9(8)12-10;1-2/h3-6H,1-2H3,(H,11,12);1-2H3. The summed E-state index contributed by atoms with van der Waals surface area (Å²) in [5.74, 6) is 1.14. The second kappa shape index (κ2) is 5.43. The van der Waals surface area contributed by atoms with Crippen molar-refractivity contribution in [3.05, 3.63) is 34.1 Å². The number of fused-ring (bicyclic) bond motifs is 1. The van der Waals surface area contributed by atoms with E-state index in [2.05, 4.69) is 9.97 Å². The number of non-ortho nitro benzene ring substituents is 1. The van der Waals surface area contributed by atoms with Gasteiger partial charge in [-0.3, -0.25) is 10.1 Å². The molecule has 5 nitrogen and oxygen atoms in total. The molecule has 1 aromatic heterocycles. The molecule has 2 aromatic rings. The SMILES string of the molecule is CC.CC(C)c1nc2ccc([N+](=O)[O-])cc2[nH]1. The first-order valence-corrected chi connectivity index (χ1v) is 5.72. The molecule has 1 aromatic carbocycles. The Balaban J connectivity index is 0.000000686. The average molecular weight is 235 g/mol. The summed E-state index contributed by atoms with van der Waals surface area (Å²) in [6, 6.07) is 4.64. The molecule has 0 amide bonds. The van der Waals surface area contributed by atoms with E-state index < -0.39 is 4.92 Å². The number of nitrogens with zero attached hydrogens (tertiary/aromatic N) is 2. The minimum atomic E-state index is -0.407. The Kier molecular flexibility index (Phi) is 4.20. The number of benzene rings is 1. The predicted octanol–water partition coefficient (Wildman–Crippen LogP) is 3.62. The van der Waals surface area contributed by atoms with Crippen molar-refractivity contribution >= 4 is 16.7 Å².